The lowest BCUT2D eigenvalue weighted by molar-refractivity contribution is -0.144. The van der Waals surface area contributed by atoms with Crippen molar-refractivity contribution in [3.05, 3.63) is 24.4 Å². The van der Waals surface area contributed by atoms with E-state index in [0.29, 0.717) is 5.52 Å². The summed E-state index contributed by atoms with van der Waals surface area (Å²) in [5, 5.41) is 10.1. The second-order valence-corrected chi connectivity index (χ2v) is 3.25. The Kier molecular flexibility index (Phi) is 2.62. The average molecular weight is 244 g/mol. The maximum Gasteiger partial charge on any atom is 0.485 e. The van der Waals surface area contributed by atoms with Gasteiger partial charge in [-0.05, 0) is 18.2 Å². The Bertz CT molecular complexity index is 548. The second kappa shape index (κ2) is 3.96. The molecule has 0 spiro atoms. The summed E-state index contributed by atoms with van der Waals surface area (Å²) >= 11 is 0. The Morgan fingerprint density at radius 1 is 1.35 bits per heavy atom. The van der Waals surface area contributed by atoms with Crippen LogP contribution in [0.25, 0.3) is 10.9 Å². The number of urea groups is 1. The molecule has 0 aliphatic heterocycles. The quantitative estimate of drug-likeness (QED) is 0.673. The highest BCUT2D eigenvalue weighted by molar-refractivity contribution is 5.92. The molecule has 0 bridgehead atoms. The first-order chi connectivity index (χ1) is 7.94. The van der Waals surface area contributed by atoms with Gasteiger partial charge in [-0.25, -0.2) is 10.1 Å². The lowest BCUT2D eigenvalue weighted by Gasteiger charge is -2.09. The van der Waals surface area contributed by atoms with Gasteiger partial charge < -0.3 is 5.32 Å². The molecule has 0 aliphatic rings. The van der Waals surface area contributed by atoms with Crippen LogP contribution in [0.2, 0.25) is 0 Å². The van der Waals surface area contributed by atoms with Crippen molar-refractivity contribution in [2.24, 2.45) is 0 Å². The summed E-state index contributed by atoms with van der Waals surface area (Å²) in [5.74, 6) is 0. The summed E-state index contributed by atoms with van der Waals surface area (Å²) < 4.78 is 35.5. The van der Waals surface area contributed by atoms with E-state index in [9.17, 15) is 18.0 Å². The van der Waals surface area contributed by atoms with Crippen molar-refractivity contribution < 1.29 is 18.0 Å². The maximum absolute atomic E-state index is 11.8. The molecule has 1 aromatic carbocycles. The minimum atomic E-state index is -4.75. The lowest BCUT2D eigenvalue weighted by atomic mass is 10.2. The van der Waals surface area contributed by atoms with Crippen LogP contribution in [0.4, 0.5) is 23.7 Å². The molecule has 1 heterocycles. The zero-order valence-electron chi connectivity index (χ0n) is 8.30. The zero-order valence-corrected chi connectivity index (χ0v) is 8.30. The molecule has 0 saturated heterocycles. The molecule has 0 fully saturated rings. The normalized spacial score (nSPS) is 11.5. The number of anilines is 1. The van der Waals surface area contributed by atoms with E-state index in [4.69, 9.17) is 0 Å². The number of carbonyl (C=O) groups is 1. The van der Waals surface area contributed by atoms with E-state index in [1.807, 2.05) is 0 Å². The molecular formula is C9H7F3N4O. The van der Waals surface area contributed by atoms with Crippen LogP contribution in [0.5, 0.6) is 0 Å². The summed E-state index contributed by atoms with van der Waals surface area (Å²) in [6.45, 7) is 0. The fourth-order valence-corrected chi connectivity index (χ4v) is 1.31. The molecule has 2 amide bonds. The molecule has 5 nitrogen and oxygen atoms in total. The highest BCUT2D eigenvalue weighted by Gasteiger charge is 2.29. The summed E-state index contributed by atoms with van der Waals surface area (Å²) in [6, 6.07) is 3.25. The van der Waals surface area contributed by atoms with Crippen molar-refractivity contribution in [3.63, 3.8) is 0 Å². The van der Waals surface area contributed by atoms with E-state index in [-0.39, 0.29) is 5.69 Å². The number of alkyl halides is 3. The maximum atomic E-state index is 11.8. The fraction of sp³-hybridized carbons (Fsp3) is 0.111. The van der Waals surface area contributed by atoms with Gasteiger partial charge in [-0.2, -0.15) is 18.3 Å². The van der Waals surface area contributed by atoms with Crippen molar-refractivity contribution >= 4 is 22.6 Å². The first kappa shape index (κ1) is 11.2. The van der Waals surface area contributed by atoms with E-state index in [1.54, 1.807) is 12.3 Å². The highest BCUT2D eigenvalue weighted by Crippen LogP contribution is 2.17. The van der Waals surface area contributed by atoms with Crippen LogP contribution in [0.1, 0.15) is 0 Å². The van der Waals surface area contributed by atoms with Gasteiger partial charge in [0.2, 0.25) is 0 Å². The number of fused-ring (bicyclic) bond motifs is 1. The van der Waals surface area contributed by atoms with Gasteiger partial charge in [0.15, 0.2) is 0 Å². The molecule has 17 heavy (non-hydrogen) atoms. The second-order valence-electron chi connectivity index (χ2n) is 3.25. The molecule has 0 aliphatic carbocycles. The van der Waals surface area contributed by atoms with Gasteiger partial charge in [0.1, 0.15) is 0 Å². The minimum absolute atomic E-state index is 0.239. The van der Waals surface area contributed by atoms with Crippen LogP contribution < -0.4 is 10.6 Å². The monoisotopic (exact) mass is 244 g/mol. The van der Waals surface area contributed by atoms with Crippen LogP contribution in [0.15, 0.2) is 24.4 Å². The molecule has 0 saturated carbocycles. The third-order valence-corrected chi connectivity index (χ3v) is 1.96. The van der Waals surface area contributed by atoms with Crippen molar-refractivity contribution in [3.8, 4) is 0 Å². The number of hydrogen-bond acceptors (Lipinski definition) is 2. The third-order valence-electron chi connectivity index (χ3n) is 1.96. The molecule has 0 unspecified atom stereocenters. The Labute approximate surface area is 93.0 Å². The van der Waals surface area contributed by atoms with Crippen LogP contribution in [0, 0.1) is 0 Å². The van der Waals surface area contributed by atoms with E-state index in [0.717, 1.165) is 10.7 Å². The number of aromatic nitrogens is 2. The Morgan fingerprint density at radius 3 is 2.82 bits per heavy atom. The number of nitrogens with zero attached hydrogens (tertiary/aromatic N) is 1. The average Bonchev–Trinajstić information content (AvgIpc) is 2.61. The summed E-state index contributed by atoms with van der Waals surface area (Å²) in [5.41, 5.74) is 0.860. The number of aromatic amines is 1. The zero-order chi connectivity index (χ0) is 12.5. The van der Waals surface area contributed by atoms with Gasteiger partial charge in [0.25, 0.3) is 0 Å². The van der Waals surface area contributed by atoms with Gasteiger partial charge in [0, 0.05) is 11.1 Å². The third kappa shape index (κ3) is 2.86. The van der Waals surface area contributed by atoms with Crippen LogP contribution in [-0.2, 0) is 0 Å². The van der Waals surface area contributed by atoms with E-state index < -0.39 is 12.3 Å². The number of benzene rings is 1. The molecule has 3 N–H and O–H groups in total. The summed E-state index contributed by atoms with van der Waals surface area (Å²) in [6.07, 6.45) is -3.18. The molecule has 2 rings (SSSR count). The molecule has 2 aromatic rings. The van der Waals surface area contributed by atoms with E-state index >= 15 is 0 Å². The van der Waals surface area contributed by atoms with Crippen LogP contribution in [-0.4, -0.2) is 22.5 Å². The topological polar surface area (TPSA) is 69.8 Å². The number of H-pyrrole nitrogens is 1. The molecule has 1 aromatic heterocycles. The summed E-state index contributed by atoms with van der Waals surface area (Å²) in [4.78, 5) is 10.9. The molecule has 0 atom stereocenters. The number of hydrogen-bond donors (Lipinski definition) is 3. The smallest absolute Gasteiger partial charge is 0.308 e. The van der Waals surface area contributed by atoms with Crippen LogP contribution >= 0.6 is 0 Å². The van der Waals surface area contributed by atoms with Crippen molar-refractivity contribution in [2.75, 3.05) is 5.32 Å². The van der Waals surface area contributed by atoms with Gasteiger partial charge in [-0.3, -0.25) is 5.10 Å². The lowest BCUT2D eigenvalue weighted by Crippen LogP contribution is -2.40. The molecular weight excluding hydrogens is 237 g/mol. The first-order valence-corrected chi connectivity index (χ1v) is 4.53. The standard InChI is InChI=1S/C9H7F3N4O/c10-9(11,12)15-8(17)14-6-2-1-5-4-13-16-7(5)3-6/h1-4H,(H,13,16)(H2,14,15,17). The van der Waals surface area contributed by atoms with Gasteiger partial charge in [-0.1, -0.05) is 0 Å². The van der Waals surface area contributed by atoms with E-state index in [1.165, 1.54) is 12.1 Å². The van der Waals surface area contributed by atoms with Crippen LogP contribution in [0.3, 0.4) is 0 Å². The fourth-order valence-electron chi connectivity index (χ4n) is 1.31. The van der Waals surface area contributed by atoms with E-state index in [2.05, 4.69) is 15.5 Å². The Morgan fingerprint density at radius 2 is 2.12 bits per heavy atom. The predicted molar refractivity (Wildman–Crippen MR) is 54.3 cm³/mol. The van der Waals surface area contributed by atoms with Crippen molar-refractivity contribution in [1.82, 2.24) is 15.5 Å². The van der Waals surface area contributed by atoms with Gasteiger partial charge >= 0.3 is 12.3 Å². The first-order valence-electron chi connectivity index (χ1n) is 4.53. The highest BCUT2D eigenvalue weighted by atomic mass is 19.4. The number of amides is 2. The number of nitrogens with one attached hydrogen (secondary N) is 3. The number of carbonyl (C=O) groups excluding carboxylic acids is 1. The minimum Gasteiger partial charge on any atom is -0.308 e. The molecule has 90 valence electrons. The van der Waals surface area contributed by atoms with Crippen molar-refractivity contribution in [1.29, 1.82) is 0 Å². The molecule has 8 heteroatoms. The van der Waals surface area contributed by atoms with Gasteiger partial charge in [-0.15, -0.1) is 0 Å². The number of rotatable bonds is 1. The van der Waals surface area contributed by atoms with Gasteiger partial charge in [0.05, 0.1) is 11.7 Å². The SMILES string of the molecule is O=C(Nc1ccc2cn[nH]c2c1)NC(F)(F)F. The largest absolute Gasteiger partial charge is 0.485 e. The Balaban J connectivity index is 2.10. The predicted octanol–water partition coefficient (Wildman–Crippen LogP) is 2.20. The summed E-state index contributed by atoms with van der Waals surface area (Å²) in [7, 11) is 0. The molecule has 0 radical (unpaired) electrons. The Hall–Kier alpha value is -2.25. The van der Waals surface area contributed by atoms with Crippen molar-refractivity contribution in [2.45, 2.75) is 6.30 Å². The number of halogens is 3.